The number of amides is 4. The Kier molecular flexibility index (Phi) is 26.5. The normalized spacial score (nSPS) is 40.7. The second-order valence-electron chi connectivity index (χ2n) is 21.1. The first kappa shape index (κ1) is 71.1. The molecule has 6 heterocycles. The summed E-state index contributed by atoms with van der Waals surface area (Å²) in [6.45, 7) is -5.12. The average molecular weight is 1260 g/mol. The van der Waals surface area contributed by atoms with Crippen LogP contribution in [0.4, 0.5) is 4.79 Å². The number of nitrogens with zero attached hydrogens (tertiary/aromatic N) is 1. The molecule has 39 heteroatoms. The third kappa shape index (κ3) is 16.7. The summed E-state index contributed by atoms with van der Waals surface area (Å²) >= 11 is 1.30. The number of thioether (sulfide) groups is 1. The second kappa shape index (κ2) is 31.7. The van der Waals surface area contributed by atoms with Gasteiger partial charge in [0.05, 0.1) is 51.7 Å². The van der Waals surface area contributed by atoms with Crippen molar-refractivity contribution < 1.29 is 174 Å². The van der Waals surface area contributed by atoms with Crippen molar-refractivity contribution in [3.05, 3.63) is 0 Å². The molecule has 0 radical (unpaired) electrons. The third-order valence-corrected chi connectivity index (χ3v) is 16.6. The van der Waals surface area contributed by atoms with Gasteiger partial charge in [-0.1, -0.05) is 6.42 Å². The molecule has 0 bridgehead atoms. The van der Waals surface area contributed by atoms with Crippen LogP contribution in [0.25, 0.3) is 0 Å². The number of carbonyl (C=O) groups excluding carboxylic acids is 4. The molecule has 85 heavy (non-hydrogen) atoms. The van der Waals surface area contributed by atoms with Crippen molar-refractivity contribution in [2.75, 3.05) is 45.4 Å². The molecule has 0 spiro atoms. The number of unbranched alkanes of at least 4 members (excludes halogenated alkanes) is 1. The van der Waals surface area contributed by atoms with Crippen LogP contribution < -0.4 is 10.8 Å². The molecular formula is C46H77N3O35S. The summed E-state index contributed by atoms with van der Waals surface area (Å²) < 4.78 is 42.4. The van der Waals surface area contributed by atoms with Gasteiger partial charge in [-0.2, -0.15) is 17.2 Å². The molecule has 6 aliphatic rings. The number of nitrogens with one attached hydrogen (secondary N) is 2. The number of imide groups is 1. The maximum absolute atomic E-state index is 13.6. The SMILES string of the molecule is O=C(CCCC[C@H]1SC[C@H]2NC(=O)N(C(=O)[C@H](O)[C@@H](O)[C@H](O)[C@H](O)CO[C@H]3O[C@H](CO[C@H]4O[C@H](CO)[C@@H](O)[C@H](O)[C@H]4O)[C@@H](O)[C@H](O)[C@H]3O)[C@H]21)ONC(=O)[C@H](O)[C@@H](O)[C@H](O)[C@H](O)CO[C@H]1O[C@H](CO[C@H]2O[C@H](CO)[C@@H](O)[C@H](O)[C@H]2O)[C@@H](O)[C@H](O)[C@H]1O. The molecule has 31 atom stereocenters. The largest absolute Gasteiger partial charge is 0.394 e. The van der Waals surface area contributed by atoms with Crippen LogP contribution >= 0.6 is 11.8 Å². The minimum atomic E-state index is -2.57. The number of hydroxylamine groups is 1. The van der Waals surface area contributed by atoms with Gasteiger partial charge in [-0.3, -0.25) is 14.5 Å². The number of ether oxygens (including phenoxy) is 8. The predicted octanol–water partition coefficient (Wildman–Crippen LogP) is -15.3. The number of urea groups is 1. The minimum Gasteiger partial charge on any atom is -0.394 e. The average Bonchev–Trinajstić information content (AvgIpc) is 2.15. The lowest BCUT2D eigenvalue weighted by molar-refractivity contribution is -0.333. The highest BCUT2D eigenvalue weighted by atomic mass is 32.2. The Hall–Kier alpha value is -2.97. The van der Waals surface area contributed by atoms with Gasteiger partial charge in [0.25, 0.3) is 11.8 Å². The highest BCUT2D eigenvalue weighted by Crippen LogP contribution is 2.38. The van der Waals surface area contributed by atoms with Crippen LogP contribution in [0.15, 0.2) is 0 Å². The number of rotatable bonds is 27. The van der Waals surface area contributed by atoms with Crippen molar-refractivity contribution >= 4 is 35.6 Å². The molecule has 6 saturated heterocycles. The lowest BCUT2D eigenvalue weighted by Crippen LogP contribution is -2.62. The molecule has 0 aromatic rings. The first-order valence-corrected chi connectivity index (χ1v) is 27.8. The van der Waals surface area contributed by atoms with E-state index in [2.05, 4.69) is 10.2 Å². The van der Waals surface area contributed by atoms with Gasteiger partial charge in [0, 0.05) is 17.4 Å². The van der Waals surface area contributed by atoms with Crippen molar-refractivity contribution in [3.63, 3.8) is 0 Å². The van der Waals surface area contributed by atoms with E-state index in [1.54, 1.807) is 5.48 Å². The van der Waals surface area contributed by atoms with Crippen molar-refractivity contribution in [2.24, 2.45) is 0 Å². The van der Waals surface area contributed by atoms with Crippen LogP contribution in [-0.4, -0.2) is 375 Å². The van der Waals surface area contributed by atoms with Gasteiger partial charge in [0.2, 0.25) is 0 Å². The zero-order chi connectivity index (χ0) is 63.0. The van der Waals surface area contributed by atoms with E-state index in [4.69, 9.17) is 37.9 Å². The fourth-order valence-corrected chi connectivity index (χ4v) is 11.5. The van der Waals surface area contributed by atoms with Crippen LogP contribution in [0.1, 0.15) is 25.7 Å². The zero-order valence-corrected chi connectivity index (χ0v) is 45.5. The number of hydrogen-bond donors (Lipinski definition) is 24. The van der Waals surface area contributed by atoms with Gasteiger partial charge >= 0.3 is 12.0 Å². The molecule has 6 aliphatic heterocycles. The summed E-state index contributed by atoms with van der Waals surface area (Å²) in [5, 5.41) is 229. The van der Waals surface area contributed by atoms with E-state index in [1.165, 1.54) is 11.8 Å². The van der Waals surface area contributed by atoms with E-state index in [0.29, 0.717) is 4.90 Å². The maximum atomic E-state index is 13.6. The quantitative estimate of drug-likeness (QED) is 0.0206. The van der Waals surface area contributed by atoms with Gasteiger partial charge < -0.3 is 160 Å². The molecule has 492 valence electrons. The molecule has 24 N–H and O–H groups in total. The molecule has 38 nitrogen and oxygen atoms in total. The zero-order valence-electron chi connectivity index (χ0n) is 44.7. The highest BCUT2D eigenvalue weighted by Gasteiger charge is 2.54. The van der Waals surface area contributed by atoms with Crippen molar-refractivity contribution in [3.8, 4) is 0 Å². The first-order valence-electron chi connectivity index (χ1n) is 26.7. The minimum absolute atomic E-state index is 0.0580. The Labute approximate surface area is 484 Å². The maximum Gasteiger partial charge on any atom is 0.332 e. The summed E-state index contributed by atoms with van der Waals surface area (Å²) in [6, 6.07) is -2.57. The molecule has 0 aromatic carbocycles. The van der Waals surface area contributed by atoms with Gasteiger partial charge in [0.15, 0.2) is 37.4 Å². The number of aliphatic hydroxyl groups is 22. The molecular weight excluding hydrogens is 1190 g/mol. The summed E-state index contributed by atoms with van der Waals surface area (Å²) in [6.07, 6.45) is -54.7. The Morgan fingerprint density at radius 3 is 1.38 bits per heavy atom. The van der Waals surface area contributed by atoms with Gasteiger partial charge in [-0.25, -0.2) is 9.59 Å². The number of aliphatic hydroxyl groups excluding tert-OH is 22. The summed E-state index contributed by atoms with van der Waals surface area (Å²) in [7, 11) is 0. The van der Waals surface area contributed by atoms with Crippen LogP contribution in [0, 0.1) is 0 Å². The topological polar surface area (TPSA) is 624 Å². The van der Waals surface area contributed by atoms with Crippen LogP contribution in [0.5, 0.6) is 0 Å². The number of hydrogen-bond acceptors (Lipinski definition) is 36. The Balaban J connectivity index is 0.892. The molecule has 6 rings (SSSR count). The fraction of sp³-hybridized carbons (Fsp3) is 0.913. The smallest absolute Gasteiger partial charge is 0.332 e. The number of carbonyl (C=O) groups is 4. The van der Waals surface area contributed by atoms with Crippen molar-refractivity contribution in [1.82, 2.24) is 15.7 Å². The number of fused-ring (bicyclic) bond motifs is 1. The highest BCUT2D eigenvalue weighted by molar-refractivity contribution is 8.00. The van der Waals surface area contributed by atoms with Crippen LogP contribution in [-0.2, 0) is 57.1 Å². The van der Waals surface area contributed by atoms with E-state index < -0.39 is 252 Å². The van der Waals surface area contributed by atoms with Crippen molar-refractivity contribution in [1.29, 1.82) is 0 Å². The van der Waals surface area contributed by atoms with Gasteiger partial charge in [0.1, 0.15) is 134 Å². The van der Waals surface area contributed by atoms with E-state index in [9.17, 15) is 132 Å². The van der Waals surface area contributed by atoms with E-state index in [-0.39, 0.29) is 31.4 Å². The molecule has 0 aromatic heterocycles. The summed E-state index contributed by atoms with van der Waals surface area (Å²) in [4.78, 5) is 56.9. The monoisotopic (exact) mass is 1260 g/mol. The van der Waals surface area contributed by atoms with Crippen molar-refractivity contribution in [2.45, 2.75) is 215 Å². The Morgan fingerprint density at radius 2 is 0.941 bits per heavy atom. The lowest BCUT2D eigenvalue weighted by atomic mass is 9.98. The third-order valence-electron chi connectivity index (χ3n) is 15.1. The molecule has 4 amide bonds. The lowest BCUT2D eigenvalue weighted by Gasteiger charge is -2.42. The molecule has 0 saturated carbocycles. The van der Waals surface area contributed by atoms with Gasteiger partial charge in [-0.05, 0) is 12.8 Å². The van der Waals surface area contributed by atoms with E-state index >= 15 is 0 Å². The predicted molar refractivity (Wildman–Crippen MR) is 265 cm³/mol. The van der Waals surface area contributed by atoms with Crippen LogP contribution in [0.2, 0.25) is 0 Å². The standard InChI is InChI=1S/C46H77N3O35S/c50-5-15-24(57)30(63)36(69)44(80-15)78-9-17-26(59)32(65)38(71)42(82-17)76-7-13(52)22(55)28(61)34(67)40(73)48-84-20(54)4-2-1-3-19-21-12(11-85-19)47-46(75)49(21)41(74)35(68)29(62)23(56)14(53)8-77-43-39(72)33(66)27(60)18(83-43)10-79-45-37(70)31(64)25(58)16(6-51)81-45/h12-19,21-39,42-45,50-53,55-72H,1-11H2,(H,47,75)(H,48,73)/t12-,13-,14-,15-,16-,17-,18-,19-,21-,22-,23-,24-,25-,26-,27-,28+,29+,30+,31+,32+,33+,34-,35-,36-,37-,38-,39-,42+,43+,44+,45+/m1/s1. The molecule has 0 unspecified atom stereocenters. The summed E-state index contributed by atoms with van der Waals surface area (Å²) in [5.74, 6) is -3.77. The first-order chi connectivity index (χ1) is 40.1. The second-order valence-corrected chi connectivity index (χ2v) is 22.3. The Morgan fingerprint density at radius 1 is 0.541 bits per heavy atom. The fourth-order valence-electron chi connectivity index (χ4n) is 9.88. The van der Waals surface area contributed by atoms with Crippen LogP contribution in [0.3, 0.4) is 0 Å². The molecule has 6 fully saturated rings. The summed E-state index contributed by atoms with van der Waals surface area (Å²) in [5.41, 5.74) is 1.58. The van der Waals surface area contributed by atoms with Gasteiger partial charge in [-0.15, -0.1) is 0 Å². The van der Waals surface area contributed by atoms with E-state index in [1.807, 2.05) is 0 Å². The Bertz CT molecular complexity index is 2130. The van der Waals surface area contributed by atoms with E-state index in [0.717, 1.165) is 0 Å². The molecule has 0 aliphatic carbocycles.